The van der Waals surface area contributed by atoms with Crippen molar-refractivity contribution in [1.29, 1.82) is 0 Å². The van der Waals surface area contributed by atoms with Crippen LogP contribution in [0.25, 0.3) is 0 Å². The van der Waals surface area contributed by atoms with Gasteiger partial charge in [-0.05, 0) is 69.1 Å². The maximum atomic E-state index is 14.1. The number of carbonyl (C=O) groups excluding carboxylic acids is 2. The van der Waals surface area contributed by atoms with Gasteiger partial charge in [-0.15, -0.1) is 12.4 Å². The Morgan fingerprint density at radius 2 is 1.68 bits per heavy atom. The first kappa shape index (κ1) is 30.2. The highest BCUT2D eigenvalue weighted by Gasteiger charge is 2.49. The molecule has 2 heterocycles. The predicted octanol–water partition coefficient (Wildman–Crippen LogP) is 5.54. The molecule has 2 aromatic rings. The number of fused-ring (bicyclic) bond motifs is 1. The number of nitrogens with one attached hydrogen (secondary N) is 1. The Kier molecular flexibility index (Phi) is 9.35. The number of Topliss-reactive ketones (excluding diaryl/α,β-unsaturated/α-hetero) is 1. The van der Waals surface area contributed by atoms with E-state index in [1.54, 1.807) is 19.2 Å². The van der Waals surface area contributed by atoms with Crippen LogP contribution >= 0.6 is 35.6 Å². The summed E-state index contributed by atoms with van der Waals surface area (Å²) in [7, 11) is 3.19. The lowest BCUT2D eigenvalue weighted by atomic mass is 9.74. The van der Waals surface area contributed by atoms with Crippen LogP contribution in [0.1, 0.15) is 48.0 Å². The van der Waals surface area contributed by atoms with Crippen molar-refractivity contribution < 1.29 is 19.1 Å². The van der Waals surface area contributed by atoms with E-state index >= 15 is 0 Å². The number of nitrogen functional groups attached to an aromatic ring is 1. The number of hydrogen-bond acceptors (Lipinski definition) is 7. The second-order valence-electron chi connectivity index (χ2n) is 10.3. The Labute approximate surface area is 250 Å². The minimum absolute atomic E-state index is 0. The van der Waals surface area contributed by atoms with Gasteiger partial charge in [0, 0.05) is 23.5 Å². The van der Waals surface area contributed by atoms with Crippen LogP contribution in [-0.4, -0.2) is 55.3 Å². The molecule has 5 rings (SSSR count). The molecular weight excluding hydrogens is 575 g/mol. The summed E-state index contributed by atoms with van der Waals surface area (Å²) in [6.45, 7) is 1.32. The van der Waals surface area contributed by atoms with Crippen molar-refractivity contribution in [2.75, 3.05) is 33.0 Å². The molecule has 1 fully saturated rings. The molecule has 40 heavy (non-hydrogen) atoms. The average molecular weight is 608 g/mol. The average Bonchev–Trinajstić information content (AvgIpc) is 2.96. The SMILES string of the molecule is COc1ccc(C2=NN(C3(CC(=O)c4cc(Cl)c(N)c(Cl)c4)CCNCC3)C(=O)[C@@H]3CC=CC[C@H]23)cc1OC.Cl. The Balaban J connectivity index is 0.00000370. The molecule has 1 aliphatic carbocycles. The molecular formula is C29H33Cl3N4O4. The third kappa shape index (κ3) is 5.55. The lowest BCUT2D eigenvalue weighted by molar-refractivity contribution is -0.146. The van der Waals surface area contributed by atoms with Gasteiger partial charge in [-0.2, -0.15) is 5.10 Å². The first-order chi connectivity index (χ1) is 18.8. The van der Waals surface area contributed by atoms with Crippen molar-refractivity contribution in [1.82, 2.24) is 10.3 Å². The molecule has 11 heteroatoms. The Bertz CT molecular complexity index is 1330. The number of hydrazone groups is 1. The van der Waals surface area contributed by atoms with Gasteiger partial charge in [-0.3, -0.25) is 9.59 Å². The number of nitrogens with zero attached hydrogens (tertiary/aromatic N) is 2. The van der Waals surface area contributed by atoms with Gasteiger partial charge in [0.05, 0.1) is 47.1 Å². The lowest BCUT2D eigenvalue weighted by Gasteiger charge is -2.48. The van der Waals surface area contributed by atoms with Gasteiger partial charge in [0.15, 0.2) is 17.3 Å². The molecule has 2 atom stereocenters. The predicted molar refractivity (Wildman–Crippen MR) is 160 cm³/mol. The molecule has 2 aliphatic heterocycles. The molecule has 0 aromatic heterocycles. The smallest absolute Gasteiger partial charge is 0.247 e. The molecule has 0 unspecified atom stereocenters. The third-order valence-corrected chi connectivity index (χ3v) is 8.70. The van der Waals surface area contributed by atoms with Crippen LogP contribution < -0.4 is 20.5 Å². The molecule has 0 spiro atoms. The zero-order valence-electron chi connectivity index (χ0n) is 22.4. The van der Waals surface area contributed by atoms with Gasteiger partial charge in [-0.25, -0.2) is 5.01 Å². The molecule has 0 bridgehead atoms. The van der Waals surface area contributed by atoms with Gasteiger partial charge >= 0.3 is 0 Å². The molecule has 1 saturated heterocycles. The molecule has 0 saturated carbocycles. The van der Waals surface area contributed by atoms with E-state index in [-0.39, 0.29) is 58.1 Å². The number of hydrogen-bond donors (Lipinski definition) is 2. The van der Waals surface area contributed by atoms with E-state index in [1.807, 2.05) is 18.2 Å². The Hall–Kier alpha value is -2.78. The Morgan fingerprint density at radius 1 is 1.05 bits per heavy atom. The lowest BCUT2D eigenvalue weighted by Crippen LogP contribution is -2.60. The van der Waals surface area contributed by atoms with E-state index in [1.165, 1.54) is 12.1 Å². The number of ether oxygens (including phenoxy) is 2. The number of methoxy groups -OCH3 is 2. The number of anilines is 1. The molecule has 2 aromatic carbocycles. The Morgan fingerprint density at radius 3 is 2.30 bits per heavy atom. The number of ketones is 1. The van der Waals surface area contributed by atoms with Crippen molar-refractivity contribution in [3.05, 3.63) is 63.7 Å². The largest absolute Gasteiger partial charge is 0.493 e. The molecule has 8 nitrogen and oxygen atoms in total. The highest BCUT2D eigenvalue weighted by atomic mass is 35.5. The molecule has 0 radical (unpaired) electrons. The molecule has 214 valence electrons. The van der Waals surface area contributed by atoms with Crippen molar-refractivity contribution in [2.24, 2.45) is 16.9 Å². The minimum Gasteiger partial charge on any atom is -0.493 e. The summed E-state index contributed by atoms with van der Waals surface area (Å²) in [6, 6.07) is 8.78. The normalized spacial score (nSPS) is 21.6. The number of amides is 1. The topological polar surface area (TPSA) is 106 Å². The van der Waals surface area contributed by atoms with Crippen LogP contribution in [-0.2, 0) is 4.79 Å². The van der Waals surface area contributed by atoms with E-state index in [9.17, 15) is 9.59 Å². The van der Waals surface area contributed by atoms with Gasteiger partial charge < -0.3 is 20.5 Å². The van der Waals surface area contributed by atoms with Crippen LogP contribution in [0.3, 0.4) is 0 Å². The number of benzene rings is 2. The number of halogens is 3. The number of nitrogens with two attached hydrogens (primary N) is 1. The summed E-state index contributed by atoms with van der Waals surface area (Å²) in [5.74, 6) is 0.664. The van der Waals surface area contributed by atoms with Gasteiger partial charge in [0.2, 0.25) is 5.91 Å². The minimum atomic E-state index is -0.798. The van der Waals surface area contributed by atoms with Crippen LogP contribution in [0.2, 0.25) is 10.0 Å². The number of rotatable bonds is 7. The molecule has 3 aliphatic rings. The van der Waals surface area contributed by atoms with Crippen LogP contribution in [0, 0.1) is 11.8 Å². The first-order valence-corrected chi connectivity index (χ1v) is 13.8. The summed E-state index contributed by atoms with van der Waals surface area (Å²) < 4.78 is 11.0. The summed E-state index contributed by atoms with van der Waals surface area (Å²) in [4.78, 5) is 27.8. The zero-order chi connectivity index (χ0) is 27.7. The third-order valence-electron chi connectivity index (χ3n) is 8.07. The van der Waals surface area contributed by atoms with Gasteiger partial charge in [0.25, 0.3) is 0 Å². The van der Waals surface area contributed by atoms with E-state index < -0.39 is 5.54 Å². The van der Waals surface area contributed by atoms with Gasteiger partial charge in [0.1, 0.15) is 0 Å². The summed E-state index contributed by atoms with van der Waals surface area (Å²) >= 11 is 12.5. The van der Waals surface area contributed by atoms with Crippen molar-refractivity contribution in [3.8, 4) is 11.5 Å². The zero-order valence-corrected chi connectivity index (χ0v) is 24.7. The number of allylic oxidation sites excluding steroid dienone is 2. The first-order valence-electron chi connectivity index (χ1n) is 13.1. The van der Waals surface area contributed by atoms with Crippen molar-refractivity contribution >= 4 is 58.7 Å². The summed E-state index contributed by atoms with van der Waals surface area (Å²) in [5.41, 5.74) is 7.37. The van der Waals surface area contributed by atoms with Gasteiger partial charge in [-0.1, -0.05) is 35.4 Å². The monoisotopic (exact) mass is 606 g/mol. The second-order valence-corrected chi connectivity index (χ2v) is 11.1. The van der Waals surface area contributed by atoms with E-state index in [0.717, 1.165) is 11.3 Å². The van der Waals surface area contributed by atoms with E-state index in [4.69, 9.17) is 43.5 Å². The second kappa shape index (κ2) is 12.4. The standard InChI is InChI=1S/C29H32Cl2N4O4.ClH/c1-38-24-8-7-17(15-25(24)39-2)27-19-5-3-4-6-20(19)28(37)35(34-27)29(9-11-33-12-10-29)16-23(36)18-13-21(30)26(32)22(31)14-18;/h3-4,7-8,13-15,19-20,33H,5-6,9-12,16,32H2,1-2H3;1H/t19-,20+;/m0./s1. The highest BCUT2D eigenvalue weighted by Crippen LogP contribution is 2.42. The maximum absolute atomic E-state index is 14.1. The number of carbonyl (C=O) groups is 2. The van der Waals surface area contributed by atoms with Crippen molar-refractivity contribution in [3.63, 3.8) is 0 Å². The fourth-order valence-corrected chi connectivity index (χ4v) is 6.37. The van der Waals surface area contributed by atoms with Crippen molar-refractivity contribution in [2.45, 2.75) is 37.6 Å². The molecule has 1 amide bonds. The fourth-order valence-electron chi connectivity index (χ4n) is 5.89. The number of piperidine rings is 1. The fraction of sp³-hybridized carbons (Fsp3) is 0.414. The van der Waals surface area contributed by atoms with E-state index in [2.05, 4.69) is 17.5 Å². The maximum Gasteiger partial charge on any atom is 0.247 e. The quantitative estimate of drug-likeness (QED) is 0.243. The van der Waals surface area contributed by atoms with Crippen LogP contribution in [0.5, 0.6) is 11.5 Å². The van der Waals surface area contributed by atoms with Crippen LogP contribution in [0.4, 0.5) is 5.69 Å². The summed E-state index contributed by atoms with van der Waals surface area (Å²) in [6.07, 6.45) is 6.76. The summed E-state index contributed by atoms with van der Waals surface area (Å²) in [5, 5.41) is 10.5. The van der Waals surface area contributed by atoms with Crippen LogP contribution in [0.15, 0.2) is 47.6 Å². The van der Waals surface area contributed by atoms with E-state index in [0.29, 0.717) is 55.8 Å². The highest BCUT2D eigenvalue weighted by molar-refractivity contribution is 6.39. The molecule has 3 N–H and O–H groups in total.